The predicted molar refractivity (Wildman–Crippen MR) is 156 cm³/mol. The van der Waals surface area contributed by atoms with E-state index < -0.39 is 6.09 Å². The zero-order valence-electron chi connectivity index (χ0n) is 23.3. The minimum Gasteiger partial charge on any atom is -0.399 e. The standard InChI is InChI=1S/C31H36N4O4S/c1-31(2,3)22-8-6-21(7-9-22)29(36)34-18-24-25(19-34)26(24)20-35(30(37)39-28-5-4-16-40-28)23-10-11-27(32-17-23)33-12-14-38-15-13-33/h4-11,16-17,24-26H,12-15,18-20H2,1-3H3. The van der Waals surface area contributed by atoms with Gasteiger partial charge in [-0.05, 0) is 70.5 Å². The monoisotopic (exact) mass is 560 g/mol. The largest absolute Gasteiger partial charge is 0.420 e. The molecule has 1 aromatic carbocycles. The highest BCUT2D eigenvalue weighted by molar-refractivity contribution is 7.11. The molecule has 210 valence electrons. The molecule has 4 heterocycles. The van der Waals surface area contributed by atoms with Crippen molar-refractivity contribution in [3.05, 3.63) is 71.2 Å². The summed E-state index contributed by atoms with van der Waals surface area (Å²) in [6, 6.07) is 15.6. The summed E-state index contributed by atoms with van der Waals surface area (Å²) in [5.41, 5.74) is 2.73. The Morgan fingerprint density at radius 1 is 1.05 bits per heavy atom. The molecule has 2 unspecified atom stereocenters. The Bertz CT molecular complexity index is 1320. The third-order valence-corrected chi connectivity index (χ3v) is 9.08. The van der Waals surface area contributed by atoms with Crippen molar-refractivity contribution in [3.63, 3.8) is 0 Å². The molecule has 6 rings (SSSR count). The van der Waals surface area contributed by atoms with E-state index in [1.54, 1.807) is 17.2 Å². The van der Waals surface area contributed by atoms with Crippen molar-refractivity contribution in [1.82, 2.24) is 9.88 Å². The molecule has 0 radical (unpaired) electrons. The highest BCUT2D eigenvalue weighted by atomic mass is 32.1. The van der Waals surface area contributed by atoms with Gasteiger partial charge in [-0.1, -0.05) is 32.9 Å². The summed E-state index contributed by atoms with van der Waals surface area (Å²) in [5.74, 6) is 2.06. The molecule has 9 heteroatoms. The van der Waals surface area contributed by atoms with Gasteiger partial charge in [-0.15, -0.1) is 11.3 Å². The lowest BCUT2D eigenvalue weighted by atomic mass is 9.86. The average molecular weight is 561 g/mol. The number of benzene rings is 1. The highest BCUT2D eigenvalue weighted by Gasteiger charge is 2.57. The number of hydrogen-bond donors (Lipinski definition) is 0. The Hall–Kier alpha value is -3.43. The van der Waals surface area contributed by atoms with Gasteiger partial charge < -0.3 is 19.3 Å². The molecule has 2 aliphatic heterocycles. The first-order valence-corrected chi connectivity index (χ1v) is 14.9. The molecule has 2 aromatic heterocycles. The third-order valence-electron chi connectivity index (χ3n) is 8.33. The lowest BCUT2D eigenvalue weighted by molar-refractivity contribution is 0.0768. The van der Waals surface area contributed by atoms with Crippen LogP contribution in [0.25, 0.3) is 0 Å². The van der Waals surface area contributed by atoms with Crippen LogP contribution in [0, 0.1) is 17.8 Å². The number of carbonyl (C=O) groups is 2. The van der Waals surface area contributed by atoms with Gasteiger partial charge in [-0.3, -0.25) is 9.69 Å². The van der Waals surface area contributed by atoms with Gasteiger partial charge in [-0.25, -0.2) is 9.78 Å². The number of rotatable bonds is 6. The first-order valence-electron chi connectivity index (χ1n) is 14.0. The van der Waals surface area contributed by atoms with Gasteiger partial charge in [0, 0.05) is 38.3 Å². The van der Waals surface area contributed by atoms with Gasteiger partial charge >= 0.3 is 6.09 Å². The Labute approximate surface area is 239 Å². The van der Waals surface area contributed by atoms with Crippen molar-refractivity contribution in [1.29, 1.82) is 0 Å². The van der Waals surface area contributed by atoms with Crippen LogP contribution in [0.15, 0.2) is 60.1 Å². The third kappa shape index (κ3) is 5.58. The van der Waals surface area contributed by atoms with Crippen LogP contribution >= 0.6 is 11.3 Å². The number of anilines is 2. The van der Waals surface area contributed by atoms with Crippen LogP contribution in [0.3, 0.4) is 0 Å². The minimum absolute atomic E-state index is 0.0545. The second-order valence-corrected chi connectivity index (χ2v) is 12.8. The summed E-state index contributed by atoms with van der Waals surface area (Å²) < 4.78 is 11.2. The molecule has 0 bridgehead atoms. The summed E-state index contributed by atoms with van der Waals surface area (Å²) in [7, 11) is 0. The number of fused-ring (bicyclic) bond motifs is 1. The number of aromatic nitrogens is 1. The zero-order chi connectivity index (χ0) is 27.9. The summed E-state index contributed by atoms with van der Waals surface area (Å²) in [4.78, 5) is 37.0. The normalized spacial score (nSPS) is 22.1. The molecule has 2 saturated heterocycles. The predicted octanol–water partition coefficient (Wildman–Crippen LogP) is 5.30. The van der Waals surface area contributed by atoms with Gasteiger partial charge in [0.25, 0.3) is 5.91 Å². The molecular weight excluding hydrogens is 524 g/mol. The van der Waals surface area contributed by atoms with Crippen LogP contribution in [0.2, 0.25) is 0 Å². The Balaban J connectivity index is 1.12. The second-order valence-electron chi connectivity index (χ2n) is 11.9. The molecular formula is C31H36N4O4S. The van der Waals surface area contributed by atoms with Gasteiger partial charge in [0.2, 0.25) is 0 Å². The summed E-state index contributed by atoms with van der Waals surface area (Å²) in [6.45, 7) is 11.5. The van der Waals surface area contributed by atoms with Crippen LogP contribution < -0.4 is 14.5 Å². The van der Waals surface area contributed by atoms with E-state index in [0.717, 1.165) is 43.2 Å². The Morgan fingerprint density at radius 2 is 1.77 bits per heavy atom. The van der Waals surface area contributed by atoms with Crippen molar-refractivity contribution >= 4 is 34.8 Å². The first kappa shape index (κ1) is 26.8. The van der Waals surface area contributed by atoms with Crippen LogP contribution in [0.1, 0.15) is 36.7 Å². The quantitative estimate of drug-likeness (QED) is 0.407. The number of thiophene rings is 1. The summed E-state index contributed by atoms with van der Waals surface area (Å²) in [6.07, 6.45) is 1.36. The van der Waals surface area contributed by atoms with E-state index in [-0.39, 0.29) is 11.3 Å². The number of piperidine rings is 1. The number of carbonyl (C=O) groups excluding carboxylic acids is 2. The van der Waals surface area contributed by atoms with Crippen LogP contribution in [0.5, 0.6) is 5.06 Å². The maximum Gasteiger partial charge on any atom is 0.420 e. The topological polar surface area (TPSA) is 75.2 Å². The molecule has 3 fully saturated rings. The van der Waals surface area contributed by atoms with Gasteiger partial charge in [0.05, 0.1) is 25.1 Å². The fraction of sp³-hybridized carbons (Fsp3) is 0.452. The summed E-state index contributed by atoms with van der Waals surface area (Å²) in [5, 5.41) is 2.46. The second kappa shape index (κ2) is 10.9. The van der Waals surface area contributed by atoms with E-state index in [0.29, 0.717) is 42.6 Å². The van der Waals surface area contributed by atoms with Gasteiger partial charge in [0.1, 0.15) is 5.82 Å². The lowest BCUT2D eigenvalue weighted by Crippen LogP contribution is -2.38. The zero-order valence-corrected chi connectivity index (χ0v) is 24.1. The molecule has 3 aromatic rings. The molecule has 3 aliphatic rings. The molecule has 1 aliphatic carbocycles. The van der Waals surface area contributed by atoms with E-state index in [1.165, 1.54) is 16.9 Å². The molecule has 8 nitrogen and oxygen atoms in total. The number of hydrogen-bond acceptors (Lipinski definition) is 7. The van der Waals surface area contributed by atoms with Crippen molar-refractivity contribution < 1.29 is 19.1 Å². The molecule has 40 heavy (non-hydrogen) atoms. The van der Waals surface area contributed by atoms with Crippen LogP contribution in [-0.4, -0.2) is 67.8 Å². The minimum atomic E-state index is -0.403. The summed E-state index contributed by atoms with van der Waals surface area (Å²) >= 11 is 1.39. The van der Waals surface area contributed by atoms with Gasteiger partial charge in [-0.2, -0.15) is 0 Å². The van der Waals surface area contributed by atoms with Crippen LogP contribution in [0.4, 0.5) is 16.3 Å². The number of pyridine rings is 1. The average Bonchev–Trinajstić information content (AvgIpc) is 3.32. The SMILES string of the molecule is CC(C)(C)c1ccc(C(=O)N2CC3C(C2)C3CN(C(=O)Oc2cccs2)c2ccc(N3CCOCC3)nc2)cc1. The van der Waals surface area contributed by atoms with Crippen molar-refractivity contribution in [2.24, 2.45) is 17.8 Å². The highest BCUT2D eigenvalue weighted by Crippen LogP contribution is 2.52. The van der Waals surface area contributed by atoms with E-state index in [1.807, 2.05) is 40.6 Å². The maximum atomic E-state index is 13.3. The van der Waals surface area contributed by atoms with E-state index in [2.05, 4.69) is 42.8 Å². The van der Waals surface area contributed by atoms with Crippen LogP contribution in [-0.2, 0) is 10.2 Å². The fourth-order valence-electron chi connectivity index (χ4n) is 5.86. The lowest BCUT2D eigenvalue weighted by Gasteiger charge is -2.28. The number of ether oxygens (including phenoxy) is 2. The Kier molecular flexibility index (Phi) is 7.27. The van der Waals surface area contributed by atoms with E-state index >= 15 is 0 Å². The van der Waals surface area contributed by atoms with Crippen molar-refractivity contribution in [2.75, 3.05) is 55.7 Å². The number of nitrogens with zero attached hydrogens (tertiary/aromatic N) is 4. The van der Waals surface area contributed by atoms with E-state index in [4.69, 9.17) is 9.47 Å². The van der Waals surface area contributed by atoms with Gasteiger partial charge in [0.15, 0.2) is 5.06 Å². The maximum absolute atomic E-state index is 13.3. The van der Waals surface area contributed by atoms with E-state index in [9.17, 15) is 9.59 Å². The molecule has 2 amide bonds. The first-order chi connectivity index (χ1) is 19.3. The van der Waals surface area contributed by atoms with Crippen molar-refractivity contribution in [2.45, 2.75) is 26.2 Å². The van der Waals surface area contributed by atoms with Crippen molar-refractivity contribution in [3.8, 4) is 5.06 Å². The molecule has 2 atom stereocenters. The smallest absolute Gasteiger partial charge is 0.399 e. The number of morpholine rings is 1. The number of likely N-dealkylation sites (tertiary alicyclic amines) is 1. The molecule has 0 N–H and O–H groups in total. The fourth-order valence-corrected chi connectivity index (χ4v) is 6.43. The Morgan fingerprint density at radius 3 is 2.38 bits per heavy atom. The number of amides is 2. The molecule has 1 saturated carbocycles. The molecule has 0 spiro atoms.